The second-order valence-electron chi connectivity index (χ2n) is 5.75. The Labute approximate surface area is 137 Å². The summed E-state index contributed by atoms with van der Waals surface area (Å²) in [5.41, 5.74) is -1.61. The minimum absolute atomic E-state index is 0.0230. The fraction of sp³-hybridized carbons (Fsp3) is 0.375. The molecule has 0 heterocycles. The number of phenols is 2. The van der Waals surface area contributed by atoms with Crippen molar-refractivity contribution < 1.29 is 39.9 Å². The molecule has 0 radical (unpaired) electrons. The number of benzene rings is 1. The first-order chi connectivity index (χ1) is 11.2. The summed E-state index contributed by atoms with van der Waals surface area (Å²) >= 11 is 0. The molecule has 2 unspecified atom stereocenters. The second-order valence-corrected chi connectivity index (χ2v) is 5.75. The fourth-order valence-electron chi connectivity index (χ4n) is 2.66. The number of phenolic OH excluding ortho intramolecular Hbond substituents is 2. The molecule has 2 rings (SSSR count). The number of aliphatic carboxylic acids is 1. The highest BCUT2D eigenvalue weighted by atomic mass is 16.6. The van der Waals surface area contributed by atoms with Gasteiger partial charge in [0.25, 0.3) is 0 Å². The van der Waals surface area contributed by atoms with Gasteiger partial charge in [-0.2, -0.15) is 0 Å². The summed E-state index contributed by atoms with van der Waals surface area (Å²) in [4.78, 5) is 23.4. The van der Waals surface area contributed by atoms with Crippen molar-refractivity contribution in [3.8, 4) is 11.5 Å². The third-order valence-electron chi connectivity index (χ3n) is 3.77. The number of hydrogen-bond acceptors (Lipinski definition) is 7. The van der Waals surface area contributed by atoms with Gasteiger partial charge in [0.05, 0.1) is 12.2 Å². The van der Waals surface area contributed by atoms with Gasteiger partial charge in [-0.25, -0.2) is 9.59 Å². The predicted octanol–water partition coefficient (Wildman–Crippen LogP) is 0.383. The average molecular weight is 338 g/mol. The first-order valence-electron chi connectivity index (χ1n) is 7.24. The Hall–Kier alpha value is -2.58. The SMILES string of the molecule is O=C(/C=C/c1ccc(O)c(O)c1)OC1(C(=O)O)CC(O)CC(O)C1. The van der Waals surface area contributed by atoms with Crippen LogP contribution in [0.2, 0.25) is 0 Å². The number of ether oxygens (including phenoxy) is 1. The van der Waals surface area contributed by atoms with Gasteiger partial charge in [-0.15, -0.1) is 0 Å². The van der Waals surface area contributed by atoms with E-state index >= 15 is 0 Å². The quantitative estimate of drug-likeness (QED) is 0.301. The number of carbonyl (C=O) groups excluding carboxylic acids is 1. The normalized spacial score (nSPS) is 27.1. The number of aliphatic hydroxyl groups is 2. The number of carboxylic acid groups (broad SMARTS) is 1. The molecule has 0 saturated heterocycles. The lowest BCUT2D eigenvalue weighted by Gasteiger charge is -2.37. The molecule has 0 aromatic heterocycles. The van der Waals surface area contributed by atoms with Gasteiger partial charge in [-0.3, -0.25) is 0 Å². The van der Waals surface area contributed by atoms with E-state index in [-0.39, 0.29) is 30.8 Å². The van der Waals surface area contributed by atoms with Crippen molar-refractivity contribution in [3.63, 3.8) is 0 Å². The Morgan fingerprint density at radius 3 is 2.29 bits per heavy atom. The van der Waals surface area contributed by atoms with Crippen molar-refractivity contribution in [2.24, 2.45) is 0 Å². The molecule has 130 valence electrons. The smallest absolute Gasteiger partial charge is 0.348 e. The standard InChI is InChI=1S/C16H18O8/c17-10-6-11(18)8-16(7-10,15(22)23)24-14(21)4-2-9-1-3-12(19)13(20)5-9/h1-5,10-11,17-20H,6-8H2,(H,22,23)/b4-2+. The molecule has 5 N–H and O–H groups in total. The van der Waals surface area contributed by atoms with Gasteiger partial charge in [0, 0.05) is 18.9 Å². The first kappa shape index (κ1) is 17.8. The molecular formula is C16H18O8. The predicted molar refractivity (Wildman–Crippen MR) is 81.1 cm³/mol. The first-order valence-corrected chi connectivity index (χ1v) is 7.24. The van der Waals surface area contributed by atoms with Crippen LogP contribution in [-0.2, 0) is 14.3 Å². The van der Waals surface area contributed by atoms with E-state index in [2.05, 4.69) is 0 Å². The van der Waals surface area contributed by atoms with E-state index < -0.39 is 29.7 Å². The zero-order valence-corrected chi connectivity index (χ0v) is 12.6. The Morgan fingerprint density at radius 1 is 1.12 bits per heavy atom. The lowest BCUT2D eigenvalue weighted by atomic mass is 9.81. The molecule has 2 atom stereocenters. The van der Waals surface area contributed by atoms with E-state index in [1.807, 2.05) is 0 Å². The van der Waals surface area contributed by atoms with Crippen LogP contribution in [0.25, 0.3) is 6.08 Å². The van der Waals surface area contributed by atoms with Crippen LogP contribution in [-0.4, -0.2) is 55.3 Å². The molecule has 0 aliphatic heterocycles. The van der Waals surface area contributed by atoms with E-state index in [1.165, 1.54) is 24.3 Å². The molecule has 0 amide bonds. The second kappa shape index (κ2) is 6.90. The number of aromatic hydroxyl groups is 2. The van der Waals surface area contributed by atoms with Gasteiger partial charge < -0.3 is 30.3 Å². The lowest BCUT2D eigenvalue weighted by molar-refractivity contribution is -0.189. The number of carboxylic acids is 1. The van der Waals surface area contributed by atoms with Gasteiger partial charge in [0.2, 0.25) is 5.60 Å². The third-order valence-corrected chi connectivity index (χ3v) is 3.77. The van der Waals surface area contributed by atoms with Crippen molar-refractivity contribution in [2.75, 3.05) is 0 Å². The Kier molecular flexibility index (Phi) is 5.10. The van der Waals surface area contributed by atoms with Gasteiger partial charge in [-0.05, 0) is 30.2 Å². The summed E-state index contributed by atoms with van der Waals surface area (Å²) in [6, 6.07) is 3.87. The van der Waals surface area contributed by atoms with E-state index in [9.17, 15) is 35.1 Å². The molecule has 1 aromatic rings. The maximum absolute atomic E-state index is 11.9. The van der Waals surface area contributed by atoms with Crippen molar-refractivity contribution >= 4 is 18.0 Å². The molecule has 0 spiro atoms. The topological polar surface area (TPSA) is 145 Å². The maximum Gasteiger partial charge on any atom is 0.348 e. The summed E-state index contributed by atoms with van der Waals surface area (Å²) < 4.78 is 5.00. The van der Waals surface area contributed by atoms with E-state index in [0.717, 1.165) is 6.08 Å². The maximum atomic E-state index is 11.9. The highest BCUT2D eigenvalue weighted by Crippen LogP contribution is 2.33. The van der Waals surface area contributed by atoms with E-state index in [1.54, 1.807) is 0 Å². The van der Waals surface area contributed by atoms with Crippen LogP contribution in [0.15, 0.2) is 24.3 Å². The molecule has 1 aliphatic carbocycles. The molecule has 8 nitrogen and oxygen atoms in total. The number of hydrogen-bond donors (Lipinski definition) is 5. The zero-order valence-electron chi connectivity index (χ0n) is 12.6. The Bertz CT molecular complexity index is 656. The van der Waals surface area contributed by atoms with Crippen molar-refractivity contribution in [1.82, 2.24) is 0 Å². The molecule has 0 bridgehead atoms. The van der Waals surface area contributed by atoms with Gasteiger partial charge in [0.15, 0.2) is 11.5 Å². The summed E-state index contributed by atoms with van der Waals surface area (Å²) in [7, 11) is 0. The highest BCUT2D eigenvalue weighted by molar-refractivity contribution is 5.90. The summed E-state index contributed by atoms with van der Waals surface area (Å²) in [6.45, 7) is 0. The van der Waals surface area contributed by atoms with Crippen LogP contribution in [0, 0.1) is 0 Å². The van der Waals surface area contributed by atoms with Gasteiger partial charge in [-0.1, -0.05) is 6.07 Å². The minimum atomic E-state index is -1.99. The summed E-state index contributed by atoms with van der Waals surface area (Å²) in [5, 5.41) is 47.2. The highest BCUT2D eigenvalue weighted by Gasteiger charge is 2.49. The Balaban J connectivity index is 2.12. The van der Waals surface area contributed by atoms with Crippen molar-refractivity contribution in [3.05, 3.63) is 29.8 Å². The summed E-state index contributed by atoms with van der Waals surface area (Å²) in [5.74, 6) is -3.09. The molecule has 1 aliphatic rings. The van der Waals surface area contributed by atoms with Crippen LogP contribution in [0.5, 0.6) is 11.5 Å². The molecule has 1 fully saturated rings. The monoisotopic (exact) mass is 338 g/mol. The summed E-state index contributed by atoms with van der Waals surface area (Å²) in [6.07, 6.45) is -0.532. The zero-order chi connectivity index (χ0) is 17.9. The third kappa shape index (κ3) is 4.03. The van der Waals surface area contributed by atoms with Crippen LogP contribution in [0.4, 0.5) is 0 Å². The minimum Gasteiger partial charge on any atom is -0.504 e. The Morgan fingerprint density at radius 2 is 1.75 bits per heavy atom. The van der Waals surface area contributed by atoms with Gasteiger partial charge in [0.1, 0.15) is 0 Å². The van der Waals surface area contributed by atoms with Gasteiger partial charge >= 0.3 is 11.9 Å². The van der Waals surface area contributed by atoms with Crippen molar-refractivity contribution in [2.45, 2.75) is 37.1 Å². The number of carbonyl (C=O) groups is 2. The van der Waals surface area contributed by atoms with Crippen LogP contribution >= 0.6 is 0 Å². The van der Waals surface area contributed by atoms with Crippen LogP contribution < -0.4 is 0 Å². The fourth-order valence-corrected chi connectivity index (χ4v) is 2.66. The number of esters is 1. The van der Waals surface area contributed by atoms with Crippen molar-refractivity contribution in [1.29, 1.82) is 0 Å². The van der Waals surface area contributed by atoms with Crippen LogP contribution in [0.1, 0.15) is 24.8 Å². The van der Waals surface area contributed by atoms with E-state index in [4.69, 9.17) is 4.74 Å². The average Bonchev–Trinajstić information content (AvgIpc) is 2.47. The number of rotatable bonds is 4. The molecular weight excluding hydrogens is 320 g/mol. The lowest BCUT2D eigenvalue weighted by Crippen LogP contribution is -2.52. The number of aliphatic hydroxyl groups excluding tert-OH is 2. The molecule has 1 saturated carbocycles. The molecule has 1 aromatic carbocycles. The largest absolute Gasteiger partial charge is 0.504 e. The molecule has 8 heteroatoms. The van der Waals surface area contributed by atoms with Crippen LogP contribution in [0.3, 0.4) is 0 Å². The molecule has 24 heavy (non-hydrogen) atoms. The van der Waals surface area contributed by atoms with E-state index in [0.29, 0.717) is 5.56 Å².